The van der Waals surface area contributed by atoms with Crippen molar-refractivity contribution in [2.24, 2.45) is 12.0 Å². The fourth-order valence-corrected chi connectivity index (χ4v) is 2.88. The highest BCUT2D eigenvalue weighted by atomic mass is 32.1. The number of methoxy groups -OCH3 is 1. The summed E-state index contributed by atoms with van der Waals surface area (Å²) in [6, 6.07) is 5.39. The lowest BCUT2D eigenvalue weighted by atomic mass is 9.95. The molecule has 1 unspecified atom stereocenters. The molecule has 2 aromatic rings. The third kappa shape index (κ3) is 3.33. The molecule has 0 fully saturated rings. The Morgan fingerprint density at radius 2 is 2.29 bits per heavy atom. The van der Waals surface area contributed by atoms with E-state index in [-0.39, 0.29) is 0 Å². The van der Waals surface area contributed by atoms with E-state index in [1.165, 1.54) is 11.3 Å². The lowest BCUT2D eigenvalue weighted by Crippen LogP contribution is -2.12. The fraction of sp³-hybridized carbons (Fsp3) is 0.333. The van der Waals surface area contributed by atoms with Crippen LogP contribution < -0.4 is 9.54 Å². The van der Waals surface area contributed by atoms with E-state index in [9.17, 15) is 9.90 Å². The van der Waals surface area contributed by atoms with Crippen molar-refractivity contribution in [3.63, 3.8) is 0 Å². The van der Waals surface area contributed by atoms with Crippen LogP contribution >= 0.6 is 11.3 Å². The summed E-state index contributed by atoms with van der Waals surface area (Å²) >= 11 is 1.54. The molecule has 0 aliphatic carbocycles. The zero-order chi connectivity index (χ0) is 15.4. The van der Waals surface area contributed by atoms with Crippen molar-refractivity contribution in [3.8, 4) is 5.75 Å². The maximum Gasteiger partial charge on any atom is 0.311 e. The van der Waals surface area contributed by atoms with Gasteiger partial charge in [-0.15, -0.1) is 11.3 Å². The summed E-state index contributed by atoms with van der Waals surface area (Å²) < 4.78 is 7.27. The van der Waals surface area contributed by atoms with E-state index in [1.54, 1.807) is 19.2 Å². The lowest BCUT2D eigenvalue weighted by Gasteiger charge is -2.14. The van der Waals surface area contributed by atoms with Gasteiger partial charge in [0.05, 0.1) is 18.7 Å². The summed E-state index contributed by atoms with van der Waals surface area (Å²) in [5, 5.41) is 11.2. The molecule has 0 aliphatic heterocycles. The van der Waals surface area contributed by atoms with Crippen LogP contribution in [-0.4, -0.2) is 22.8 Å². The maximum absolute atomic E-state index is 11.3. The van der Waals surface area contributed by atoms with Gasteiger partial charge in [0, 0.05) is 30.3 Å². The molecule has 5 nitrogen and oxygen atoms in total. The average molecular weight is 306 g/mol. The molecule has 0 spiro atoms. The van der Waals surface area contributed by atoms with E-state index in [0.29, 0.717) is 17.7 Å². The molecular formula is C15H18N2O3S. The van der Waals surface area contributed by atoms with Crippen LogP contribution in [0.3, 0.4) is 0 Å². The molecular weight excluding hydrogens is 288 g/mol. The van der Waals surface area contributed by atoms with Crippen LogP contribution in [0.4, 0.5) is 5.69 Å². The highest BCUT2D eigenvalue weighted by molar-refractivity contribution is 7.07. The van der Waals surface area contributed by atoms with Crippen molar-refractivity contribution in [2.75, 3.05) is 7.11 Å². The van der Waals surface area contributed by atoms with E-state index >= 15 is 0 Å². The molecule has 1 aromatic carbocycles. The number of carbonyl (C=O) groups is 1. The minimum Gasteiger partial charge on any atom is -0.496 e. The summed E-state index contributed by atoms with van der Waals surface area (Å²) in [5.74, 6) is -0.846. The van der Waals surface area contributed by atoms with E-state index in [0.717, 1.165) is 10.5 Å². The Balaban J connectivity index is 2.46. The third-order valence-electron chi connectivity index (χ3n) is 3.28. The summed E-state index contributed by atoms with van der Waals surface area (Å²) in [4.78, 5) is 16.7. The second kappa shape index (κ2) is 6.58. The number of aliphatic carboxylic acids is 1. The van der Waals surface area contributed by atoms with Crippen molar-refractivity contribution in [2.45, 2.75) is 19.3 Å². The normalized spacial score (nSPS) is 13.2. The number of aromatic nitrogens is 1. The highest BCUT2D eigenvalue weighted by Gasteiger charge is 2.21. The molecule has 2 rings (SSSR count). The Kier molecular flexibility index (Phi) is 4.80. The second-order valence-corrected chi connectivity index (χ2v) is 5.51. The first-order chi connectivity index (χ1) is 10.1. The minimum atomic E-state index is -0.842. The van der Waals surface area contributed by atoms with Gasteiger partial charge in [-0.2, -0.15) is 0 Å². The van der Waals surface area contributed by atoms with Gasteiger partial charge in [-0.05, 0) is 12.5 Å². The molecule has 0 bridgehead atoms. The van der Waals surface area contributed by atoms with E-state index < -0.39 is 11.9 Å². The smallest absolute Gasteiger partial charge is 0.311 e. The van der Waals surface area contributed by atoms with Gasteiger partial charge in [0.25, 0.3) is 0 Å². The summed E-state index contributed by atoms with van der Waals surface area (Å²) in [6.07, 6.45) is 2.45. The third-order valence-corrected chi connectivity index (χ3v) is 4.13. The average Bonchev–Trinajstić information content (AvgIpc) is 2.86. The van der Waals surface area contributed by atoms with Gasteiger partial charge in [-0.1, -0.05) is 13.0 Å². The molecule has 0 radical (unpaired) electrons. The molecule has 1 atom stereocenters. The topological polar surface area (TPSA) is 63.8 Å². The van der Waals surface area contributed by atoms with E-state index in [1.807, 2.05) is 36.2 Å². The Morgan fingerprint density at radius 1 is 1.52 bits per heavy atom. The molecule has 0 saturated heterocycles. The summed E-state index contributed by atoms with van der Waals surface area (Å²) in [7, 11) is 3.47. The number of nitrogens with zero attached hydrogens (tertiary/aromatic N) is 2. The van der Waals surface area contributed by atoms with Crippen LogP contribution in [0.5, 0.6) is 5.75 Å². The minimum absolute atomic E-state index is 0.516. The number of aryl methyl sites for hydroxylation is 1. The first-order valence-electron chi connectivity index (χ1n) is 6.62. The molecule has 112 valence electrons. The van der Waals surface area contributed by atoms with Gasteiger partial charge in [0.1, 0.15) is 5.75 Å². The van der Waals surface area contributed by atoms with Crippen LogP contribution in [0.25, 0.3) is 0 Å². The number of benzene rings is 1. The van der Waals surface area contributed by atoms with Crippen molar-refractivity contribution >= 4 is 23.0 Å². The quantitative estimate of drug-likeness (QED) is 0.923. The lowest BCUT2D eigenvalue weighted by molar-refractivity contribution is -0.138. The van der Waals surface area contributed by atoms with Gasteiger partial charge in [-0.3, -0.25) is 4.79 Å². The molecule has 0 aliphatic rings. The Labute approximate surface area is 127 Å². The first-order valence-corrected chi connectivity index (χ1v) is 7.50. The van der Waals surface area contributed by atoms with Crippen LogP contribution in [0.1, 0.15) is 24.8 Å². The number of ether oxygens (including phenoxy) is 1. The largest absolute Gasteiger partial charge is 0.496 e. The zero-order valence-electron chi connectivity index (χ0n) is 12.2. The highest BCUT2D eigenvalue weighted by Crippen LogP contribution is 2.32. The van der Waals surface area contributed by atoms with E-state index in [2.05, 4.69) is 4.99 Å². The van der Waals surface area contributed by atoms with Crippen LogP contribution in [0.2, 0.25) is 0 Å². The van der Waals surface area contributed by atoms with Crippen molar-refractivity contribution < 1.29 is 14.6 Å². The molecule has 0 saturated carbocycles. The first kappa shape index (κ1) is 15.3. The molecule has 21 heavy (non-hydrogen) atoms. The second-order valence-electron chi connectivity index (χ2n) is 4.63. The molecule has 1 heterocycles. The number of hydrogen-bond acceptors (Lipinski definition) is 4. The van der Waals surface area contributed by atoms with E-state index in [4.69, 9.17) is 4.74 Å². The van der Waals surface area contributed by atoms with Crippen molar-refractivity contribution in [3.05, 3.63) is 40.1 Å². The number of rotatable bonds is 5. The van der Waals surface area contributed by atoms with Crippen LogP contribution in [-0.2, 0) is 11.8 Å². The van der Waals surface area contributed by atoms with Gasteiger partial charge < -0.3 is 14.4 Å². The Hall–Kier alpha value is -2.08. The Bertz CT molecular complexity index is 703. The van der Waals surface area contributed by atoms with Gasteiger partial charge in [0.2, 0.25) is 0 Å². The maximum atomic E-state index is 11.3. The van der Waals surface area contributed by atoms with Crippen LogP contribution in [0.15, 0.2) is 34.8 Å². The zero-order valence-corrected chi connectivity index (χ0v) is 13.1. The summed E-state index contributed by atoms with van der Waals surface area (Å²) in [6.45, 7) is 1.85. The fourth-order valence-electron chi connectivity index (χ4n) is 2.13. The number of carboxylic acids is 1. The molecule has 0 amide bonds. The van der Waals surface area contributed by atoms with Gasteiger partial charge >= 0.3 is 5.97 Å². The molecule has 1 N–H and O–H groups in total. The summed E-state index contributed by atoms with van der Waals surface area (Å²) in [5.41, 5.74) is 1.43. The predicted octanol–water partition coefficient (Wildman–Crippen LogP) is 2.91. The van der Waals surface area contributed by atoms with Crippen molar-refractivity contribution in [1.29, 1.82) is 0 Å². The number of hydrogen-bond donors (Lipinski definition) is 1. The molecule has 6 heteroatoms. The van der Waals surface area contributed by atoms with Gasteiger partial charge in [-0.25, -0.2) is 4.99 Å². The molecule has 1 aromatic heterocycles. The monoisotopic (exact) mass is 306 g/mol. The van der Waals surface area contributed by atoms with Crippen LogP contribution in [0, 0.1) is 0 Å². The van der Waals surface area contributed by atoms with Gasteiger partial charge in [0.15, 0.2) is 4.80 Å². The SMILES string of the molecule is CCC(C(=O)O)c1ccc(N=c2sccn2C)cc1OC. The Morgan fingerprint density at radius 3 is 2.81 bits per heavy atom. The predicted molar refractivity (Wildman–Crippen MR) is 82.2 cm³/mol. The van der Waals surface area contributed by atoms with Crippen molar-refractivity contribution in [1.82, 2.24) is 4.57 Å². The number of thiazole rings is 1. The standard InChI is InChI=1S/C15H18N2O3S/c1-4-11(14(18)19)12-6-5-10(9-13(12)20-3)16-15-17(2)7-8-21-15/h5-9,11H,4H2,1-3H3,(H,18,19). The number of carboxylic acid groups (broad SMARTS) is 1.